The largest absolute Gasteiger partial charge is 0.507 e. The number of aliphatic hydroxyl groups excluding tert-OH is 3. The van der Waals surface area contributed by atoms with E-state index >= 15 is 0 Å². The van der Waals surface area contributed by atoms with Crippen LogP contribution in [0.3, 0.4) is 0 Å². The smallest absolute Gasteiger partial charge is 0.342 e. The van der Waals surface area contributed by atoms with Crippen molar-refractivity contribution >= 4 is 12.0 Å². The average Bonchev–Trinajstić information content (AvgIpc) is 2.59. The Kier molecular flexibility index (Phi) is 6.79. The van der Waals surface area contributed by atoms with Gasteiger partial charge in [0.15, 0.2) is 0 Å². The molecule has 7 nitrogen and oxygen atoms in total. The summed E-state index contributed by atoms with van der Waals surface area (Å²) in [5, 5.41) is 40.0. The molecular formula is C19H24O7. The lowest BCUT2D eigenvalue weighted by Gasteiger charge is -2.20. The lowest BCUT2D eigenvalue weighted by molar-refractivity contribution is -0.0394. The maximum Gasteiger partial charge on any atom is 0.342 e. The van der Waals surface area contributed by atoms with E-state index in [4.69, 9.17) is 9.47 Å². The number of ether oxygens (including phenoxy) is 2. The minimum absolute atomic E-state index is 0.00925. The predicted octanol–water partition coefficient (Wildman–Crippen LogP) is 1.39. The number of cyclic esters (lactones) is 1. The number of carbonyl (C=O) groups is 1. The van der Waals surface area contributed by atoms with Gasteiger partial charge in [0.25, 0.3) is 0 Å². The highest BCUT2D eigenvalue weighted by molar-refractivity contribution is 5.97. The van der Waals surface area contributed by atoms with Gasteiger partial charge in [0.1, 0.15) is 35.4 Å². The summed E-state index contributed by atoms with van der Waals surface area (Å²) in [6.45, 7) is 1.67. The van der Waals surface area contributed by atoms with Crippen LogP contribution in [0.1, 0.15) is 35.7 Å². The van der Waals surface area contributed by atoms with Crippen molar-refractivity contribution in [2.75, 3.05) is 7.11 Å². The van der Waals surface area contributed by atoms with E-state index in [2.05, 4.69) is 0 Å². The van der Waals surface area contributed by atoms with E-state index in [1.165, 1.54) is 31.4 Å². The van der Waals surface area contributed by atoms with Gasteiger partial charge < -0.3 is 29.9 Å². The summed E-state index contributed by atoms with van der Waals surface area (Å²) in [7, 11) is 1.43. The number of aliphatic hydroxyl groups is 3. The minimum Gasteiger partial charge on any atom is -0.507 e. The number of fused-ring (bicyclic) bond motifs is 1. The molecule has 1 aliphatic heterocycles. The van der Waals surface area contributed by atoms with E-state index in [-0.39, 0.29) is 17.7 Å². The van der Waals surface area contributed by atoms with Gasteiger partial charge in [0.2, 0.25) is 0 Å². The second kappa shape index (κ2) is 8.84. The van der Waals surface area contributed by atoms with Crippen molar-refractivity contribution in [3.05, 3.63) is 41.5 Å². The van der Waals surface area contributed by atoms with Crippen LogP contribution in [-0.2, 0) is 4.74 Å². The number of carbonyl (C=O) groups excluding carboxylic acids is 1. The first-order valence-electron chi connectivity index (χ1n) is 8.32. The van der Waals surface area contributed by atoms with Gasteiger partial charge in [-0.3, -0.25) is 0 Å². The molecule has 7 heteroatoms. The first kappa shape index (κ1) is 20.0. The summed E-state index contributed by atoms with van der Waals surface area (Å²) in [5.74, 6) is -0.615. The quantitative estimate of drug-likeness (QED) is 0.439. The number of phenols is 1. The van der Waals surface area contributed by atoms with Crippen LogP contribution in [0.25, 0.3) is 6.08 Å². The van der Waals surface area contributed by atoms with Gasteiger partial charge in [-0.1, -0.05) is 24.3 Å². The summed E-state index contributed by atoms with van der Waals surface area (Å²) in [6.07, 6.45) is 2.00. The fourth-order valence-corrected chi connectivity index (χ4v) is 2.61. The third-order valence-electron chi connectivity index (χ3n) is 4.09. The van der Waals surface area contributed by atoms with Crippen LogP contribution < -0.4 is 4.74 Å². The number of rotatable bonds is 1. The van der Waals surface area contributed by atoms with Gasteiger partial charge in [0.05, 0.1) is 13.2 Å². The fraction of sp³-hybridized carbons (Fsp3) is 0.421. The molecule has 1 heterocycles. The van der Waals surface area contributed by atoms with Crippen molar-refractivity contribution in [3.8, 4) is 11.5 Å². The SMILES string of the molecule is COc1cc(O)c2c(c1)/C=C/CC(O)[C@H](O)[C@@H](O)/C=C\C[C@H](C)OC2=O. The molecule has 26 heavy (non-hydrogen) atoms. The van der Waals surface area contributed by atoms with Gasteiger partial charge in [-0.05, 0) is 25.0 Å². The highest BCUT2D eigenvalue weighted by atomic mass is 16.5. The lowest BCUT2D eigenvalue weighted by atomic mass is 10.0. The molecule has 1 aromatic rings. The third kappa shape index (κ3) is 4.85. The first-order valence-corrected chi connectivity index (χ1v) is 8.32. The van der Waals surface area contributed by atoms with E-state index in [9.17, 15) is 25.2 Å². The Bertz CT molecular complexity index is 695. The summed E-state index contributed by atoms with van der Waals surface area (Å²) in [5.41, 5.74) is 0.346. The zero-order valence-electron chi connectivity index (χ0n) is 14.7. The van der Waals surface area contributed by atoms with Crippen molar-refractivity contribution in [2.45, 2.75) is 44.2 Å². The van der Waals surface area contributed by atoms with E-state index < -0.39 is 30.4 Å². The Morgan fingerprint density at radius 2 is 1.88 bits per heavy atom. The van der Waals surface area contributed by atoms with Gasteiger partial charge in [-0.2, -0.15) is 0 Å². The second-order valence-electron chi connectivity index (χ2n) is 6.18. The molecule has 1 aliphatic rings. The zero-order valence-corrected chi connectivity index (χ0v) is 14.7. The van der Waals surface area contributed by atoms with Crippen LogP contribution in [0.5, 0.6) is 11.5 Å². The highest BCUT2D eigenvalue weighted by Crippen LogP contribution is 2.30. The Hall–Kier alpha value is -2.35. The summed E-state index contributed by atoms with van der Waals surface area (Å²) >= 11 is 0. The van der Waals surface area contributed by atoms with Crippen LogP contribution in [-0.4, -0.2) is 57.9 Å². The molecule has 1 aromatic carbocycles. The highest BCUT2D eigenvalue weighted by Gasteiger charge is 2.23. The number of esters is 1. The molecule has 4 atom stereocenters. The van der Waals surface area contributed by atoms with Gasteiger partial charge >= 0.3 is 5.97 Å². The molecule has 1 unspecified atom stereocenters. The van der Waals surface area contributed by atoms with E-state index in [1.54, 1.807) is 19.1 Å². The Balaban J connectivity index is 2.44. The van der Waals surface area contributed by atoms with E-state index in [1.807, 2.05) is 0 Å². The van der Waals surface area contributed by atoms with Crippen LogP contribution in [0.2, 0.25) is 0 Å². The van der Waals surface area contributed by atoms with Gasteiger partial charge in [0, 0.05) is 12.5 Å². The Morgan fingerprint density at radius 1 is 1.15 bits per heavy atom. The molecule has 4 N–H and O–H groups in total. The molecule has 142 valence electrons. The van der Waals surface area contributed by atoms with Crippen molar-refractivity contribution in [3.63, 3.8) is 0 Å². The molecular weight excluding hydrogens is 340 g/mol. The zero-order chi connectivity index (χ0) is 19.3. The normalized spacial score (nSPS) is 29.8. The van der Waals surface area contributed by atoms with Gasteiger partial charge in [-0.15, -0.1) is 0 Å². The summed E-state index contributed by atoms with van der Waals surface area (Å²) < 4.78 is 10.4. The second-order valence-corrected chi connectivity index (χ2v) is 6.18. The van der Waals surface area contributed by atoms with Crippen LogP contribution in [0, 0.1) is 0 Å². The van der Waals surface area contributed by atoms with Crippen molar-refractivity contribution in [2.24, 2.45) is 0 Å². The van der Waals surface area contributed by atoms with Gasteiger partial charge in [-0.25, -0.2) is 4.79 Å². The van der Waals surface area contributed by atoms with E-state index in [0.717, 1.165) is 0 Å². The molecule has 0 amide bonds. The molecule has 0 bridgehead atoms. The topological polar surface area (TPSA) is 116 Å². The molecule has 0 radical (unpaired) electrons. The number of methoxy groups -OCH3 is 1. The molecule has 0 saturated carbocycles. The summed E-state index contributed by atoms with van der Waals surface area (Å²) in [6, 6.07) is 2.87. The van der Waals surface area contributed by atoms with E-state index in [0.29, 0.717) is 17.7 Å². The molecule has 0 saturated heterocycles. The maximum absolute atomic E-state index is 12.5. The van der Waals surface area contributed by atoms with Crippen molar-refractivity contribution in [1.82, 2.24) is 0 Å². The molecule has 0 aromatic heterocycles. The maximum atomic E-state index is 12.5. The number of phenolic OH excluding ortho intramolecular Hbond substituents is 1. The molecule has 0 spiro atoms. The number of benzene rings is 1. The number of aromatic hydroxyl groups is 1. The molecule has 2 rings (SSSR count). The fourth-order valence-electron chi connectivity index (χ4n) is 2.61. The Labute approximate surface area is 151 Å². The average molecular weight is 364 g/mol. The predicted molar refractivity (Wildman–Crippen MR) is 95.0 cm³/mol. The standard InChI is InChI=1S/C19H24O7/c1-11-5-3-7-14(20)18(23)15(21)8-4-6-12-9-13(25-2)10-16(22)17(12)19(24)26-11/h3-4,6-7,9-11,14-15,18,20-23H,5,8H2,1-2H3/b6-4+,7-3-/t11-,14-,15?,18+/m0/s1. The monoisotopic (exact) mass is 364 g/mol. The minimum atomic E-state index is -1.35. The van der Waals surface area contributed by atoms with Crippen molar-refractivity contribution in [1.29, 1.82) is 0 Å². The van der Waals surface area contributed by atoms with Crippen molar-refractivity contribution < 1.29 is 34.7 Å². The van der Waals surface area contributed by atoms with Crippen LogP contribution >= 0.6 is 0 Å². The third-order valence-corrected chi connectivity index (χ3v) is 4.09. The Morgan fingerprint density at radius 3 is 2.58 bits per heavy atom. The number of hydrogen-bond donors (Lipinski definition) is 4. The summed E-state index contributed by atoms with van der Waals surface area (Å²) in [4.78, 5) is 12.5. The number of hydrogen-bond acceptors (Lipinski definition) is 7. The van der Waals surface area contributed by atoms with Crippen LogP contribution in [0.15, 0.2) is 30.4 Å². The lowest BCUT2D eigenvalue weighted by Crippen LogP contribution is -2.35. The van der Waals surface area contributed by atoms with Crippen LogP contribution in [0.4, 0.5) is 0 Å². The first-order chi connectivity index (χ1) is 12.3. The molecule has 0 aliphatic carbocycles. The molecule has 0 fully saturated rings.